The normalized spacial score (nSPS) is 15.0. The minimum Gasteiger partial charge on any atom is -0.456 e. The maximum absolute atomic E-state index is 6.32. The van der Waals surface area contributed by atoms with Crippen molar-refractivity contribution in [2.75, 3.05) is 0 Å². The van der Waals surface area contributed by atoms with Gasteiger partial charge in [0.2, 0.25) is 0 Å². The van der Waals surface area contributed by atoms with Gasteiger partial charge in [0.25, 0.3) is 0 Å². The van der Waals surface area contributed by atoms with Gasteiger partial charge in [-0.25, -0.2) is 4.99 Å². The Kier molecular flexibility index (Phi) is 8.38. The van der Waals surface area contributed by atoms with Crippen molar-refractivity contribution in [3.05, 3.63) is 137 Å². The molecule has 0 saturated carbocycles. The first kappa shape index (κ1) is 29.1. The Bertz CT molecular complexity index is 2050. The molecule has 0 atom stereocenters. The quantitative estimate of drug-likeness (QED) is 0.147. The SMILES string of the molecule is C/C=c1/oc2ccc(-c3ccc(-c4ccc(C5=CCC=C5)cc4)cc3)cc2/c1=C(/C)C(C)=NC(=NC(C)C)c1ccccc1. The van der Waals surface area contributed by atoms with E-state index < -0.39 is 0 Å². The van der Waals surface area contributed by atoms with E-state index in [1.54, 1.807) is 0 Å². The van der Waals surface area contributed by atoms with Crippen LogP contribution in [0.1, 0.15) is 52.2 Å². The lowest BCUT2D eigenvalue weighted by Gasteiger charge is -2.08. The minimum atomic E-state index is 0.136. The number of hydrogen-bond donors (Lipinski definition) is 0. The second-order valence-corrected chi connectivity index (χ2v) is 11.5. The molecule has 0 N–H and O–H groups in total. The molecule has 0 fully saturated rings. The van der Waals surface area contributed by atoms with Crippen LogP contribution in [0.4, 0.5) is 0 Å². The minimum absolute atomic E-state index is 0.136. The third-order valence-electron chi connectivity index (χ3n) is 8.12. The van der Waals surface area contributed by atoms with Gasteiger partial charge in [-0.3, -0.25) is 4.99 Å². The van der Waals surface area contributed by atoms with Crippen molar-refractivity contribution in [1.29, 1.82) is 0 Å². The molecule has 5 aromatic rings. The van der Waals surface area contributed by atoms with Crippen LogP contribution in [0.2, 0.25) is 0 Å². The lowest BCUT2D eigenvalue weighted by atomic mass is 9.97. The average molecular weight is 575 g/mol. The number of benzene rings is 4. The maximum atomic E-state index is 6.32. The number of fused-ring (bicyclic) bond motifs is 1. The summed E-state index contributed by atoms with van der Waals surface area (Å²) in [5.74, 6) is 0.746. The Labute approximate surface area is 260 Å². The molecule has 0 aliphatic heterocycles. The highest BCUT2D eigenvalue weighted by molar-refractivity contribution is 6.22. The van der Waals surface area contributed by atoms with Gasteiger partial charge >= 0.3 is 0 Å². The van der Waals surface area contributed by atoms with E-state index in [2.05, 4.69) is 125 Å². The number of allylic oxidation sites excluding steroid dienone is 4. The fraction of sp³-hybridized carbons (Fsp3) is 0.171. The van der Waals surface area contributed by atoms with E-state index >= 15 is 0 Å². The second-order valence-electron chi connectivity index (χ2n) is 11.5. The zero-order chi connectivity index (χ0) is 30.6. The third kappa shape index (κ3) is 6.05. The zero-order valence-corrected chi connectivity index (χ0v) is 26.1. The predicted octanol–water partition coefficient (Wildman–Crippen LogP) is 9.40. The molecule has 6 rings (SSSR count). The standard InChI is InChI=1S/C41H38N2O/c1-6-38-40(28(4)29(5)43-41(42-27(2)3)35-14-8-7-9-15-35)37-26-36(24-25-39(37)44-38)34-22-20-33(21-23-34)32-18-16-31(17-19-32)30-12-10-11-13-30/h6-10,12-27H,11H2,1-5H3/b38-6+,40-28+,42-41?,43-29?. The number of rotatable bonds is 6. The second kappa shape index (κ2) is 12.7. The van der Waals surface area contributed by atoms with Crippen LogP contribution < -0.4 is 10.6 Å². The summed E-state index contributed by atoms with van der Waals surface area (Å²) in [6.07, 6.45) is 9.72. The van der Waals surface area contributed by atoms with E-state index in [0.717, 1.165) is 56.3 Å². The molecule has 44 heavy (non-hydrogen) atoms. The summed E-state index contributed by atoms with van der Waals surface area (Å²) in [6, 6.07) is 34.4. The smallest absolute Gasteiger partial charge is 0.155 e. The first-order valence-corrected chi connectivity index (χ1v) is 15.4. The van der Waals surface area contributed by atoms with Gasteiger partial charge in [-0.15, -0.1) is 0 Å². The van der Waals surface area contributed by atoms with Gasteiger partial charge in [0.05, 0.1) is 0 Å². The van der Waals surface area contributed by atoms with Crippen LogP contribution in [0, 0.1) is 0 Å². The van der Waals surface area contributed by atoms with Gasteiger partial charge in [0.15, 0.2) is 5.84 Å². The third-order valence-corrected chi connectivity index (χ3v) is 8.12. The summed E-state index contributed by atoms with van der Waals surface area (Å²) in [5, 5.41) is 2.16. The monoisotopic (exact) mass is 574 g/mol. The van der Waals surface area contributed by atoms with Crippen molar-refractivity contribution in [2.45, 2.75) is 47.1 Å². The average Bonchev–Trinajstić information content (AvgIpc) is 3.73. The van der Waals surface area contributed by atoms with Crippen LogP contribution in [0.5, 0.6) is 0 Å². The Hall–Kier alpha value is -5.02. The van der Waals surface area contributed by atoms with Crippen LogP contribution in [-0.2, 0) is 0 Å². The molecule has 0 radical (unpaired) electrons. The van der Waals surface area contributed by atoms with Crippen molar-refractivity contribution >= 4 is 39.7 Å². The van der Waals surface area contributed by atoms with E-state index in [1.807, 2.05) is 31.2 Å². The van der Waals surface area contributed by atoms with E-state index in [0.29, 0.717) is 0 Å². The van der Waals surface area contributed by atoms with Crippen LogP contribution >= 0.6 is 0 Å². The topological polar surface area (TPSA) is 37.9 Å². The number of nitrogens with zero attached hydrogens (tertiary/aromatic N) is 2. The Morgan fingerprint density at radius 2 is 1.39 bits per heavy atom. The molecule has 0 amide bonds. The fourth-order valence-corrected chi connectivity index (χ4v) is 5.69. The van der Waals surface area contributed by atoms with Gasteiger partial charge in [-0.1, -0.05) is 103 Å². The highest BCUT2D eigenvalue weighted by Gasteiger charge is 2.12. The van der Waals surface area contributed by atoms with Crippen LogP contribution in [0.3, 0.4) is 0 Å². The molecule has 3 nitrogen and oxygen atoms in total. The van der Waals surface area contributed by atoms with E-state index in [4.69, 9.17) is 14.4 Å². The largest absolute Gasteiger partial charge is 0.456 e. The number of amidine groups is 1. The first-order valence-electron chi connectivity index (χ1n) is 15.4. The predicted molar refractivity (Wildman–Crippen MR) is 189 cm³/mol. The summed E-state index contributed by atoms with van der Waals surface area (Å²) >= 11 is 0. The molecule has 4 aromatic carbocycles. The summed E-state index contributed by atoms with van der Waals surface area (Å²) in [4.78, 5) is 9.88. The molecule has 1 aliphatic carbocycles. The number of furan rings is 1. The van der Waals surface area contributed by atoms with Gasteiger partial charge in [-0.05, 0) is 98.2 Å². The zero-order valence-electron chi connectivity index (χ0n) is 26.1. The fourth-order valence-electron chi connectivity index (χ4n) is 5.69. The molecular weight excluding hydrogens is 536 g/mol. The van der Waals surface area contributed by atoms with Crippen molar-refractivity contribution < 1.29 is 4.42 Å². The molecule has 218 valence electrons. The van der Waals surface area contributed by atoms with E-state index in [9.17, 15) is 0 Å². The van der Waals surface area contributed by atoms with Crippen LogP contribution in [-0.4, -0.2) is 17.6 Å². The molecule has 1 aromatic heterocycles. The lowest BCUT2D eigenvalue weighted by molar-refractivity contribution is 0.574. The van der Waals surface area contributed by atoms with Gasteiger partial charge in [0.1, 0.15) is 11.0 Å². The number of aliphatic imine (C=N–C) groups is 2. The molecule has 0 spiro atoms. The first-order chi connectivity index (χ1) is 21.4. The molecule has 1 aliphatic rings. The molecule has 3 heteroatoms. The van der Waals surface area contributed by atoms with Gasteiger partial charge in [0, 0.05) is 27.9 Å². The summed E-state index contributed by atoms with van der Waals surface area (Å²) in [7, 11) is 0. The Morgan fingerprint density at radius 1 is 0.773 bits per heavy atom. The maximum Gasteiger partial charge on any atom is 0.155 e. The van der Waals surface area contributed by atoms with Crippen molar-refractivity contribution in [3.8, 4) is 22.3 Å². The summed E-state index contributed by atoms with van der Waals surface area (Å²) in [6.45, 7) is 10.4. The lowest BCUT2D eigenvalue weighted by Crippen LogP contribution is -2.25. The van der Waals surface area contributed by atoms with Gasteiger partial charge in [-0.2, -0.15) is 0 Å². The molecule has 0 saturated heterocycles. The molecular formula is C41H38N2O. The van der Waals surface area contributed by atoms with Crippen LogP contribution in [0.25, 0.3) is 50.4 Å². The highest BCUT2D eigenvalue weighted by atomic mass is 16.3. The van der Waals surface area contributed by atoms with Crippen molar-refractivity contribution in [3.63, 3.8) is 0 Å². The molecule has 0 unspecified atom stereocenters. The van der Waals surface area contributed by atoms with E-state index in [-0.39, 0.29) is 6.04 Å². The summed E-state index contributed by atoms with van der Waals surface area (Å²) in [5.41, 5.74) is 12.0. The Morgan fingerprint density at radius 3 is 1.98 bits per heavy atom. The molecule has 1 heterocycles. The number of hydrogen-bond acceptors (Lipinski definition) is 2. The van der Waals surface area contributed by atoms with Gasteiger partial charge < -0.3 is 4.42 Å². The van der Waals surface area contributed by atoms with Crippen molar-refractivity contribution in [1.82, 2.24) is 0 Å². The highest BCUT2D eigenvalue weighted by Crippen LogP contribution is 2.29. The van der Waals surface area contributed by atoms with Crippen LogP contribution in [0.15, 0.2) is 130 Å². The van der Waals surface area contributed by atoms with E-state index in [1.165, 1.54) is 27.8 Å². The molecule has 0 bridgehead atoms. The van der Waals surface area contributed by atoms with Crippen molar-refractivity contribution in [2.24, 2.45) is 9.98 Å². The Balaban J connectivity index is 1.37. The summed E-state index contributed by atoms with van der Waals surface area (Å²) < 4.78 is 6.32.